The molecule has 1 fully saturated rings. The lowest BCUT2D eigenvalue weighted by molar-refractivity contribution is -0.173. The van der Waals surface area contributed by atoms with E-state index in [1.54, 1.807) is 7.11 Å². The summed E-state index contributed by atoms with van der Waals surface area (Å²) < 4.78 is 10.8. The zero-order valence-electron chi connectivity index (χ0n) is 8.17. The van der Waals surface area contributed by atoms with Crippen LogP contribution in [0.5, 0.6) is 0 Å². The number of rotatable bonds is 5. The van der Waals surface area contributed by atoms with Gasteiger partial charge in [0.15, 0.2) is 6.29 Å². The summed E-state index contributed by atoms with van der Waals surface area (Å²) in [6.07, 6.45) is 1.04. The molecule has 3 atom stereocenters. The monoisotopic (exact) mass is 173 g/mol. The molecule has 0 aromatic rings. The molecule has 0 radical (unpaired) electrons. The Kier molecular flexibility index (Phi) is 3.98. The van der Waals surface area contributed by atoms with Crippen molar-refractivity contribution in [3.05, 3.63) is 0 Å². The minimum absolute atomic E-state index is 0.0128. The van der Waals surface area contributed by atoms with E-state index in [0.717, 1.165) is 19.6 Å². The molecule has 0 unspecified atom stereocenters. The highest BCUT2D eigenvalue weighted by Crippen LogP contribution is 2.20. The van der Waals surface area contributed by atoms with E-state index in [0.29, 0.717) is 12.0 Å². The van der Waals surface area contributed by atoms with Crippen molar-refractivity contribution in [2.45, 2.75) is 32.6 Å². The third-order valence-corrected chi connectivity index (χ3v) is 2.39. The van der Waals surface area contributed by atoms with Crippen LogP contribution in [0.3, 0.4) is 0 Å². The summed E-state index contributed by atoms with van der Waals surface area (Å²) in [6, 6.07) is 0.534. The van der Waals surface area contributed by atoms with Gasteiger partial charge in [-0.15, -0.1) is 0 Å². The maximum absolute atomic E-state index is 5.55. The van der Waals surface area contributed by atoms with E-state index in [1.165, 1.54) is 0 Å². The molecule has 1 aliphatic heterocycles. The van der Waals surface area contributed by atoms with Gasteiger partial charge < -0.3 is 14.8 Å². The largest absolute Gasteiger partial charge is 0.355 e. The van der Waals surface area contributed by atoms with Gasteiger partial charge in [0.05, 0.1) is 0 Å². The van der Waals surface area contributed by atoms with E-state index in [9.17, 15) is 0 Å². The van der Waals surface area contributed by atoms with E-state index in [2.05, 4.69) is 19.2 Å². The van der Waals surface area contributed by atoms with E-state index < -0.39 is 0 Å². The van der Waals surface area contributed by atoms with Crippen LogP contribution in [0.25, 0.3) is 0 Å². The predicted molar refractivity (Wildman–Crippen MR) is 48.0 cm³/mol. The number of hydrogen-bond donors (Lipinski definition) is 1. The van der Waals surface area contributed by atoms with Crippen LogP contribution in [0.4, 0.5) is 0 Å². The molecule has 0 bridgehead atoms. The summed E-state index contributed by atoms with van der Waals surface area (Å²) in [6.45, 7) is 6.08. The molecule has 3 nitrogen and oxygen atoms in total. The highest BCUT2D eigenvalue weighted by Gasteiger charge is 2.34. The second-order valence-electron chi connectivity index (χ2n) is 3.34. The summed E-state index contributed by atoms with van der Waals surface area (Å²) in [5.41, 5.74) is 0. The van der Waals surface area contributed by atoms with Crippen LogP contribution in [-0.4, -0.2) is 32.6 Å². The van der Waals surface area contributed by atoms with Crippen LogP contribution >= 0.6 is 0 Å². The molecule has 0 amide bonds. The quantitative estimate of drug-likeness (QED) is 0.629. The first-order valence-electron chi connectivity index (χ1n) is 4.67. The average Bonchev–Trinajstić information content (AvgIpc) is 2.09. The SMILES string of the molecule is CCCO[C@H](OC)[C@@H]1CN[C@@H]1C. The minimum Gasteiger partial charge on any atom is -0.355 e. The van der Waals surface area contributed by atoms with Crippen LogP contribution in [-0.2, 0) is 9.47 Å². The second-order valence-corrected chi connectivity index (χ2v) is 3.34. The lowest BCUT2D eigenvalue weighted by Gasteiger charge is -2.39. The third-order valence-electron chi connectivity index (χ3n) is 2.39. The smallest absolute Gasteiger partial charge is 0.162 e. The molecule has 72 valence electrons. The Bertz CT molecular complexity index is 130. The fourth-order valence-corrected chi connectivity index (χ4v) is 1.42. The topological polar surface area (TPSA) is 30.5 Å². The highest BCUT2D eigenvalue weighted by atomic mass is 16.7. The fraction of sp³-hybridized carbons (Fsp3) is 1.00. The highest BCUT2D eigenvalue weighted by molar-refractivity contribution is 4.86. The van der Waals surface area contributed by atoms with Gasteiger partial charge in [-0.1, -0.05) is 6.92 Å². The predicted octanol–water partition coefficient (Wildman–Crippen LogP) is 0.993. The van der Waals surface area contributed by atoms with Gasteiger partial charge in [-0.05, 0) is 13.3 Å². The minimum atomic E-state index is -0.0128. The molecule has 1 aliphatic rings. The lowest BCUT2D eigenvalue weighted by atomic mass is 9.92. The molecule has 1 heterocycles. The first kappa shape index (κ1) is 9.96. The number of hydrogen-bond acceptors (Lipinski definition) is 3. The van der Waals surface area contributed by atoms with Crippen LogP contribution < -0.4 is 5.32 Å². The lowest BCUT2D eigenvalue weighted by Crippen LogP contribution is -2.57. The molecule has 0 saturated carbocycles. The van der Waals surface area contributed by atoms with Gasteiger partial charge in [0, 0.05) is 32.2 Å². The first-order valence-corrected chi connectivity index (χ1v) is 4.67. The Balaban J connectivity index is 2.24. The maximum atomic E-state index is 5.55. The van der Waals surface area contributed by atoms with Gasteiger partial charge in [-0.2, -0.15) is 0 Å². The van der Waals surface area contributed by atoms with E-state index in [4.69, 9.17) is 9.47 Å². The molecule has 3 heteroatoms. The normalized spacial score (nSPS) is 31.2. The Morgan fingerprint density at radius 1 is 1.58 bits per heavy atom. The molecular formula is C9H19NO2. The Morgan fingerprint density at radius 3 is 2.67 bits per heavy atom. The maximum Gasteiger partial charge on any atom is 0.162 e. The van der Waals surface area contributed by atoms with Crippen molar-refractivity contribution in [1.29, 1.82) is 0 Å². The van der Waals surface area contributed by atoms with Crippen LogP contribution in [0.15, 0.2) is 0 Å². The van der Waals surface area contributed by atoms with Gasteiger partial charge in [-0.3, -0.25) is 0 Å². The average molecular weight is 173 g/mol. The van der Waals surface area contributed by atoms with Crippen molar-refractivity contribution in [2.75, 3.05) is 20.3 Å². The molecule has 1 N–H and O–H groups in total. The van der Waals surface area contributed by atoms with Gasteiger partial charge >= 0.3 is 0 Å². The molecule has 0 spiro atoms. The molecule has 12 heavy (non-hydrogen) atoms. The summed E-state index contributed by atoms with van der Waals surface area (Å²) in [4.78, 5) is 0. The first-order chi connectivity index (χ1) is 5.79. The Hall–Kier alpha value is -0.120. The molecule has 0 aromatic carbocycles. The molecule has 0 aliphatic carbocycles. The number of ether oxygens (including phenoxy) is 2. The third kappa shape index (κ3) is 2.19. The van der Waals surface area contributed by atoms with Crippen molar-refractivity contribution in [2.24, 2.45) is 5.92 Å². The molecule has 1 saturated heterocycles. The zero-order valence-corrected chi connectivity index (χ0v) is 8.17. The second kappa shape index (κ2) is 4.80. The van der Waals surface area contributed by atoms with E-state index in [1.807, 2.05) is 0 Å². The van der Waals surface area contributed by atoms with E-state index in [-0.39, 0.29) is 6.29 Å². The van der Waals surface area contributed by atoms with Crippen LogP contribution in [0.2, 0.25) is 0 Å². The summed E-state index contributed by atoms with van der Waals surface area (Å²) in [5, 5.41) is 3.29. The van der Waals surface area contributed by atoms with Gasteiger partial charge in [-0.25, -0.2) is 0 Å². The van der Waals surface area contributed by atoms with Crippen molar-refractivity contribution < 1.29 is 9.47 Å². The van der Waals surface area contributed by atoms with Crippen LogP contribution in [0.1, 0.15) is 20.3 Å². The Morgan fingerprint density at radius 2 is 2.33 bits per heavy atom. The number of nitrogens with one attached hydrogen (secondary N) is 1. The number of methoxy groups -OCH3 is 1. The van der Waals surface area contributed by atoms with Crippen molar-refractivity contribution in [3.8, 4) is 0 Å². The molecule has 1 rings (SSSR count). The molecular weight excluding hydrogens is 154 g/mol. The van der Waals surface area contributed by atoms with Crippen molar-refractivity contribution >= 4 is 0 Å². The Labute approximate surface area is 74.4 Å². The van der Waals surface area contributed by atoms with Gasteiger partial charge in [0.25, 0.3) is 0 Å². The summed E-state index contributed by atoms with van der Waals surface area (Å²) in [5.74, 6) is 0.529. The molecule has 0 aromatic heterocycles. The van der Waals surface area contributed by atoms with Crippen molar-refractivity contribution in [1.82, 2.24) is 5.32 Å². The van der Waals surface area contributed by atoms with Crippen molar-refractivity contribution in [3.63, 3.8) is 0 Å². The van der Waals surface area contributed by atoms with Gasteiger partial charge in [0.1, 0.15) is 0 Å². The summed E-state index contributed by atoms with van der Waals surface area (Å²) >= 11 is 0. The zero-order chi connectivity index (χ0) is 8.97. The van der Waals surface area contributed by atoms with Gasteiger partial charge in [0.2, 0.25) is 0 Å². The van der Waals surface area contributed by atoms with E-state index >= 15 is 0 Å². The fourth-order valence-electron chi connectivity index (χ4n) is 1.42. The van der Waals surface area contributed by atoms with Crippen LogP contribution in [0, 0.1) is 5.92 Å². The summed E-state index contributed by atoms with van der Waals surface area (Å²) in [7, 11) is 1.71. The standard InChI is InChI=1S/C9H19NO2/c1-4-5-12-9(11-3)8-6-10-7(8)2/h7-10H,4-6H2,1-3H3/t7-,8-,9+/m1/s1.